The molecule has 1 aromatic rings. The summed E-state index contributed by atoms with van der Waals surface area (Å²) >= 11 is 0. The van der Waals surface area contributed by atoms with Gasteiger partial charge in [-0.05, 0) is 17.7 Å². The Labute approximate surface area is 76.0 Å². The average molecular weight is 185 g/mol. The predicted octanol–water partition coefficient (Wildman–Crippen LogP) is 1.67. The number of rotatable bonds is 2. The Morgan fingerprint density at radius 1 is 1.54 bits per heavy atom. The molecule has 72 valence electrons. The summed E-state index contributed by atoms with van der Waals surface area (Å²) in [5.41, 5.74) is 5.64. The first kappa shape index (κ1) is 11.4. The predicted molar refractivity (Wildman–Crippen MR) is 48.9 cm³/mol. The number of hydrogen-bond acceptors (Lipinski definition) is 2. The van der Waals surface area contributed by atoms with Crippen molar-refractivity contribution in [1.82, 2.24) is 0 Å². The number of carboxylic acid groups (broad SMARTS) is 1. The molecule has 0 bridgehead atoms. The molecule has 13 heavy (non-hydrogen) atoms. The second-order valence-electron chi connectivity index (χ2n) is 2.43. The van der Waals surface area contributed by atoms with Gasteiger partial charge in [-0.1, -0.05) is 13.5 Å². The zero-order valence-corrected chi connectivity index (χ0v) is 6.25. The Balaban J connectivity index is 0.00000144. The number of carbonyl (C=O) groups is 1. The van der Waals surface area contributed by atoms with E-state index >= 15 is 0 Å². The molecule has 0 aliphatic rings. The van der Waals surface area contributed by atoms with Gasteiger partial charge in [0, 0.05) is 0 Å². The van der Waals surface area contributed by atoms with Gasteiger partial charge in [0.15, 0.2) is 0 Å². The number of benzene rings is 1. The van der Waals surface area contributed by atoms with Crippen LogP contribution in [0.2, 0.25) is 0 Å². The zero-order valence-electron chi connectivity index (χ0n) is 6.25. The molecule has 3 N–H and O–H groups in total. The SMILES string of the molecule is C.Nc1ccc(CC(=O)O)cc1F. The fourth-order valence-corrected chi connectivity index (χ4v) is 0.855. The van der Waals surface area contributed by atoms with E-state index in [4.69, 9.17) is 10.8 Å². The van der Waals surface area contributed by atoms with E-state index in [2.05, 4.69) is 0 Å². The first-order chi connectivity index (χ1) is 5.59. The first-order valence-corrected chi connectivity index (χ1v) is 3.35. The van der Waals surface area contributed by atoms with E-state index in [9.17, 15) is 9.18 Å². The van der Waals surface area contributed by atoms with Crippen LogP contribution in [0.25, 0.3) is 0 Å². The van der Waals surface area contributed by atoms with E-state index < -0.39 is 11.8 Å². The van der Waals surface area contributed by atoms with Crippen LogP contribution in [0.3, 0.4) is 0 Å². The van der Waals surface area contributed by atoms with E-state index in [1.807, 2.05) is 0 Å². The van der Waals surface area contributed by atoms with Crippen molar-refractivity contribution in [2.24, 2.45) is 0 Å². The Hall–Kier alpha value is -1.58. The van der Waals surface area contributed by atoms with Gasteiger partial charge in [-0.2, -0.15) is 0 Å². The minimum Gasteiger partial charge on any atom is -0.481 e. The Morgan fingerprint density at radius 2 is 2.15 bits per heavy atom. The van der Waals surface area contributed by atoms with Crippen LogP contribution in [0.1, 0.15) is 13.0 Å². The molecule has 1 aromatic carbocycles. The van der Waals surface area contributed by atoms with Gasteiger partial charge in [0.05, 0.1) is 12.1 Å². The van der Waals surface area contributed by atoms with Gasteiger partial charge in [0.25, 0.3) is 0 Å². The lowest BCUT2D eigenvalue weighted by Crippen LogP contribution is -2.01. The molecule has 0 saturated heterocycles. The second kappa shape index (κ2) is 4.45. The van der Waals surface area contributed by atoms with E-state index in [0.29, 0.717) is 5.56 Å². The summed E-state index contributed by atoms with van der Waals surface area (Å²) in [6.45, 7) is 0. The van der Waals surface area contributed by atoms with Crippen LogP contribution in [0.4, 0.5) is 10.1 Å². The van der Waals surface area contributed by atoms with Crippen molar-refractivity contribution in [2.45, 2.75) is 13.8 Å². The van der Waals surface area contributed by atoms with Crippen LogP contribution < -0.4 is 5.73 Å². The number of nitrogen functional groups attached to an aromatic ring is 1. The molecule has 0 atom stereocenters. The fraction of sp³-hybridized carbons (Fsp3) is 0.222. The molecule has 0 amide bonds. The highest BCUT2D eigenvalue weighted by Gasteiger charge is 2.03. The van der Waals surface area contributed by atoms with Gasteiger partial charge in [-0.3, -0.25) is 4.79 Å². The fourth-order valence-electron chi connectivity index (χ4n) is 0.855. The summed E-state index contributed by atoms with van der Waals surface area (Å²) < 4.78 is 12.7. The second-order valence-corrected chi connectivity index (χ2v) is 2.43. The molecule has 0 aliphatic heterocycles. The average Bonchev–Trinajstić information content (AvgIpc) is 1.96. The molecule has 0 aliphatic carbocycles. The van der Waals surface area contributed by atoms with Crippen molar-refractivity contribution in [3.05, 3.63) is 29.6 Å². The Kier molecular flexibility index (Phi) is 3.91. The number of halogens is 1. The van der Waals surface area contributed by atoms with Crippen molar-refractivity contribution >= 4 is 11.7 Å². The highest BCUT2D eigenvalue weighted by molar-refractivity contribution is 5.70. The summed E-state index contributed by atoms with van der Waals surface area (Å²) in [6.07, 6.45) is -0.183. The van der Waals surface area contributed by atoms with Gasteiger partial charge in [0.1, 0.15) is 5.82 Å². The summed E-state index contributed by atoms with van der Waals surface area (Å²) in [4.78, 5) is 10.2. The molecule has 0 saturated carbocycles. The van der Waals surface area contributed by atoms with Crippen molar-refractivity contribution in [2.75, 3.05) is 5.73 Å². The summed E-state index contributed by atoms with van der Waals surface area (Å²) in [5, 5.41) is 8.37. The van der Waals surface area contributed by atoms with Gasteiger partial charge < -0.3 is 10.8 Å². The lowest BCUT2D eigenvalue weighted by Gasteiger charge is -1.99. The lowest BCUT2D eigenvalue weighted by atomic mass is 10.1. The number of carboxylic acids is 1. The first-order valence-electron chi connectivity index (χ1n) is 3.35. The summed E-state index contributed by atoms with van der Waals surface area (Å²) in [5.74, 6) is -1.56. The maximum Gasteiger partial charge on any atom is 0.307 e. The molecular weight excluding hydrogens is 173 g/mol. The van der Waals surface area contributed by atoms with Crippen LogP contribution in [-0.4, -0.2) is 11.1 Å². The van der Waals surface area contributed by atoms with Crippen molar-refractivity contribution in [3.8, 4) is 0 Å². The molecular formula is C9H12FNO2. The summed E-state index contributed by atoms with van der Waals surface area (Å²) in [6, 6.07) is 3.98. The van der Waals surface area contributed by atoms with E-state index in [-0.39, 0.29) is 19.5 Å². The molecule has 0 heterocycles. The van der Waals surface area contributed by atoms with Crippen molar-refractivity contribution < 1.29 is 14.3 Å². The van der Waals surface area contributed by atoms with E-state index in [1.165, 1.54) is 12.1 Å². The van der Waals surface area contributed by atoms with Crippen LogP contribution in [-0.2, 0) is 11.2 Å². The highest BCUT2D eigenvalue weighted by Crippen LogP contribution is 2.12. The molecule has 3 nitrogen and oxygen atoms in total. The quantitative estimate of drug-likeness (QED) is 0.689. The van der Waals surface area contributed by atoms with Crippen molar-refractivity contribution in [3.63, 3.8) is 0 Å². The van der Waals surface area contributed by atoms with Crippen LogP contribution >= 0.6 is 0 Å². The zero-order chi connectivity index (χ0) is 9.14. The van der Waals surface area contributed by atoms with Gasteiger partial charge in [-0.25, -0.2) is 4.39 Å². The third kappa shape index (κ3) is 3.11. The number of nitrogens with two attached hydrogens (primary N) is 1. The number of anilines is 1. The van der Waals surface area contributed by atoms with Crippen LogP contribution in [0, 0.1) is 5.82 Å². The number of aliphatic carboxylic acids is 1. The molecule has 0 spiro atoms. The minimum absolute atomic E-state index is 0. The molecule has 0 aromatic heterocycles. The van der Waals surface area contributed by atoms with Gasteiger partial charge >= 0.3 is 5.97 Å². The summed E-state index contributed by atoms with van der Waals surface area (Å²) in [7, 11) is 0. The minimum atomic E-state index is -0.987. The normalized spacial score (nSPS) is 9.00. The van der Waals surface area contributed by atoms with Crippen LogP contribution in [0.15, 0.2) is 18.2 Å². The molecule has 4 heteroatoms. The Bertz CT molecular complexity index is 312. The van der Waals surface area contributed by atoms with Crippen LogP contribution in [0.5, 0.6) is 0 Å². The topological polar surface area (TPSA) is 63.3 Å². The highest BCUT2D eigenvalue weighted by atomic mass is 19.1. The van der Waals surface area contributed by atoms with Gasteiger partial charge in [-0.15, -0.1) is 0 Å². The third-order valence-electron chi connectivity index (χ3n) is 1.42. The molecule has 0 unspecified atom stereocenters. The largest absolute Gasteiger partial charge is 0.481 e. The standard InChI is InChI=1S/C8H8FNO2.CH4/c9-6-3-5(4-8(11)12)1-2-7(6)10;/h1-3H,4,10H2,(H,11,12);1H4. The van der Waals surface area contributed by atoms with Crippen molar-refractivity contribution in [1.29, 1.82) is 0 Å². The maximum atomic E-state index is 12.7. The van der Waals surface area contributed by atoms with Gasteiger partial charge in [0.2, 0.25) is 0 Å². The monoisotopic (exact) mass is 185 g/mol. The maximum absolute atomic E-state index is 12.7. The third-order valence-corrected chi connectivity index (χ3v) is 1.42. The molecule has 1 rings (SSSR count). The Morgan fingerprint density at radius 3 is 2.62 bits per heavy atom. The smallest absolute Gasteiger partial charge is 0.307 e. The van der Waals surface area contributed by atoms with E-state index in [0.717, 1.165) is 6.07 Å². The molecule has 0 fully saturated rings. The van der Waals surface area contributed by atoms with E-state index in [1.54, 1.807) is 0 Å². The number of hydrogen-bond donors (Lipinski definition) is 2. The molecule has 0 radical (unpaired) electrons. The lowest BCUT2D eigenvalue weighted by molar-refractivity contribution is -0.136.